The summed E-state index contributed by atoms with van der Waals surface area (Å²) in [6, 6.07) is 0. The minimum Gasteiger partial charge on any atom is -0.179 e. The summed E-state index contributed by atoms with van der Waals surface area (Å²) in [6.07, 6.45) is 0. The molecule has 7 heteroatoms. The van der Waals surface area contributed by atoms with Crippen molar-refractivity contribution in [2.75, 3.05) is 46.0 Å². The predicted molar refractivity (Wildman–Crippen MR) is 105 cm³/mol. The van der Waals surface area contributed by atoms with E-state index in [-0.39, 0.29) is 0 Å². The molecule has 0 spiro atoms. The van der Waals surface area contributed by atoms with Crippen molar-refractivity contribution in [2.45, 2.75) is 10.5 Å². The average molecular weight is 367 g/mol. The van der Waals surface area contributed by atoms with Gasteiger partial charge < -0.3 is 0 Å². The summed E-state index contributed by atoms with van der Waals surface area (Å²) in [4.78, 5) is 0. The lowest BCUT2D eigenvalue weighted by atomic mass is 10.5. The Hall–Kier alpha value is 2.45. The fraction of sp³-hybridized carbons (Fsp3) is 1.00. The van der Waals surface area contributed by atoms with Crippen molar-refractivity contribution in [2.24, 2.45) is 0 Å². The van der Waals surface area contributed by atoms with E-state index in [1.165, 1.54) is 5.75 Å². The molecular formula is C10H22S7. The summed E-state index contributed by atoms with van der Waals surface area (Å²) >= 11 is 23.3. The molecule has 0 heterocycles. The molecule has 0 aromatic rings. The first kappa shape index (κ1) is 19.4. The van der Waals surface area contributed by atoms with Gasteiger partial charge in [0.25, 0.3) is 0 Å². The second-order valence-corrected chi connectivity index (χ2v) is 9.01. The van der Waals surface area contributed by atoms with E-state index in [1.54, 1.807) is 0 Å². The summed E-state index contributed by atoms with van der Waals surface area (Å²) in [6.45, 7) is 0. The third-order valence-electron chi connectivity index (χ3n) is 1.81. The van der Waals surface area contributed by atoms with Gasteiger partial charge in [-0.3, -0.25) is 0 Å². The molecule has 0 aliphatic rings. The van der Waals surface area contributed by atoms with Crippen LogP contribution in [-0.4, -0.2) is 56.5 Å². The van der Waals surface area contributed by atoms with Gasteiger partial charge in [0, 0.05) is 45.0 Å². The molecule has 0 fully saturated rings. The largest absolute Gasteiger partial charge is 0.179 e. The molecule has 17 heavy (non-hydrogen) atoms. The van der Waals surface area contributed by atoms with Gasteiger partial charge in [-0.1, -0.05) is 0 Å². The fourth-order valence-corrected chi connectivity index (χ4v) is 5.96. The second-order valence-electron chi connectivity index (χ2n) is 3.39. The number of hydrogen-bond donors (Lipinski definition) is 4. The standard InChI is InChI=1S/C10H22S7/c11-1-3-15-6-9(14)7-16-8-10(5-13)17-4-2-12/h9-14H,1-8H2. The Morgan fingerprint density at radius 2 is 1.47 bits per heavy atom. The molecule has 104 valence electrons. The van der Waals surface area contributed by atoms with Crippen LogP contribution in [0, 0.1) is 0 Å². The third kappa shape index (κ3) is 13.2. The number of thioether (sulfide) groups is 3. The fourth-order valence-electron chi connectivity index (χ4n) is 1.04. The van der Waals surface area contributed by atoms with Crippen LogP contribution in [0.4, 0.5) is 0 Å². The van der Waals surface area contributed by atoms with Crippen molar-refractivity contribution in [3.8, 4) is 0 Å². The third-order valence-corrected chi connectivity index (χ3v) is 8.27. The van der Waals surface area contributed by atoms with E-state index >= 15 is 0 Å². The Morgan fingerprint density at radius 3 is 2.06 bits per heavy atom. The minimum absolute atomic E-state index is 0.500. The molecule has 0 N–H and O–H groups in total. The monoisotopic (exact) mass is 366 g/mol. The molecule has 0 bridgehead atoms. The maximum Gasteiger partial charge on any atom is 0.0226 e. The van der Waals surface area contributed by atoms with Gasteiger partial charge in [0.05, 0.1) is 0 Å². The van der Waals surface area contributed by atoms with Crippen molar-refractivity contribution in [3.63, 3.8) is 0 Å². The Balaban J connectivity index is 3.45. The van der Waals surface area contributed by atoms with Crippen LogP contribution in [0.5, 0.6) is 0 Å². The van der Waals surface area contributed by atoms with Crippen LogP contribution >= 0.6 is 85.8 Å². The molecule has 0 rings (SSSR count). The van der Waals surface area contributed by atoms with E-state index < -0.39 is 0 Å². The minimum atomic E-state index is 0.500. The Morgan fingerprint density at radius 1 is 0.824 bits per heavy atom. The van der Waals surface area contributed by atoms with Crippen molar-refractivity contribution in [3.05, 3.63) is 0 Å². The lowest BCUT2D eigenvalue weighted by molar-refractivity contribution is 1.12. The van der Waals surface area contributed by atoms with Crippen LogP contribution in [0.2, 0.25) is 0 Å². The predicted octanol–water partition coefficient (Wildman–Crippen LogP) is 3.64. The van der Waals surface area contributed by atoms with Gasteiger partial charge in [-0.2, -0.15) is 85.8 Å². The maximum absolute atomic E-state index is 4.60. The lowest BCUT2D eigenvalue weighted by Crippen LogP contribution is -2.13. The van der Waals surface area contributed by atoms with Gasteiger partial charge in [0.1, 0.15) is 0 Å². The van der Waals surface area contributed by atoms with E-state index in [4.69, 9.17) is 0 Å². The summed E-state index contributed by atoms with van der Waals surface area (Å²) in [5.41, 5.74) is 0. The van der Waals surface area contributed by atoms with Crippen LogP contribution in [0.25, 0.3) is 0 Å². The number of rotatable bonds is 12. The van der Waals surface area contributed by atoms with E-state index in [9.17, 15) is 0 Å². The van der Waals surface area contributed by atoms with E-state index in [0.717, 1.165) is 40.3 Å². The SMILES string of the molecule is SCCSCC(S)CSCC(CS)SCCS. The topological polar surface area (TPSA) is 0 Å². The average Bonchev–Trinajstić information content (AvgIpc) is 2.34. The molecule has 0 amide bonds. The summed E-state index contributed by atoms with van der Waals surface area (Å²) in [5.74, 6) is 8.56. The highest BCUT2D eigenvalue weighted by Gasteiger charge is 2.09. The summed E-state index contributed by atoms with van der Waals surface area (Å²) < 4.78 is 0. The van der Waals surface area contributed by atoms with Crippen molar-refractivity contribution >= 4 is 85.8 Å². The van der Waals surface area contributed by atoms with Gasteiger partial charge in [-0.05, 0) is 11.5 Å². The first-order valence-electron chi connectivity index (χ1n) is 5.52. The van der Waals surface area contributed by atoms with Crippen LogP contribution in [-0.2, 0) is 0 Å². The maximum atomic E-state index is 4.60. The van der Waals surface area contributed by atoms with E-state index in [1.807, 2.05) is 35.3 Å². The quantitative estimate of drug-likeness (QED) is 0.308. The Labute approximate surface area is 141 Å². The summed E-state index contributed by atoms with van der Waals surface area (Å²) in [7, 11) is 0. The summed E-state index contributed by atoms with van der Waals surface area (Å²) in [5, 5.41) is 1.15. The zero-order valence-electron chi connectivity index (χ0n) is 9.83. The second kappa shape index (κ2) is 14.9. The van der Waals surface area contributed by atoms with E-state index in [0.29, 0.717) is 10.5 Å². The van der Waals surface area contributed by atoms with Gasteiger partial charge in [0.15, 0.2) is 0 Å². The molecule has 0 radical (unpaired) electrons. The molecule has 2 unspecified atom stereocenters. The molecular weight excluding hydrogens is 345 g/mol. The van der Waals surface area contributed by atoms with Crippen molar-refractivity contribution in [1.29, 1.82) is 0 Å². The number of hydrogen-bond acceptors (Lipinski definition) is 7. The highest BCUT2D eigenvalue weighted by Crippen LogP contribution is 2.20. The molecule has 0 aromatic heterocycles. The highest BCUT2D eigenvalue weighted by molar-refractivity contribution is 8.04. The smallest absolute Gasteiger partial charge is 0.0226 e. The molecule has 0 nitrogen and oxygen atoms in total. The zero-order chi connectivity index (χ0) is 12.9. The van der Waals surface area contributed by atoms with Gasteiger partial charge in [-0.15, -0.1) is 0 Å². The first-order valence-corrected chi connectivity index (χ1v) is 11.3. The van der Waals surface area contributed by atoms with Gasteiger partial charge in [-0.25, -0.2) is 0 Å². The van der Waals surface area contributed by atoms with Crippen LogP contribution < -0.4 is 0 Å². The molecule has 0 aromatic carbocycles. The van der Waals surface area contributed by atoms with Gasteiger partial charge in [0.2, 0.25) is 0 Å². The Kier molecular flexibility index (Phi) is 17.0. The van der Waals surface area contributed by atoms with Crippen LogP contribution in [0.3, 0.4) is 0 Å². The van der Waals surface area contributed by atoms with Crippen LogP contribution in [0.1, 0.15) is 0 Å². The molecule has 0 aliphatic carbocycles. The lowest BCUT2D eigenvalue weighted by Gasteiger charge is -2.15. The zero-order valence-corrected chi connectivity index (χ0v) is 15.9. The highest BCUT2D eigenvalue weighted by atomic mass is 32.2. The molecule has 0 aliphatic heterocycles. The number of thiol groups is 4. The molecule has 0 saturated heterocycles. The van der Waals surface area contributed by atoms with Crippen LogP contribution in [0.15, 0.2) is 0 Å². The van der Waals surface area contributed by atoms with Gasteiger partial charge >= 0.3 is 0 Å². The normalized spacial score (nSPS) is 14.8. The van der Waals surface area contributed by atoms with Crippen molar-refractivity contribution < 1.29 is 0 Å². The first-order chi connectivity index (χ1) is 8.24. The molecule has 2 atom stereocenters. The van der Waals surface area contributed by atoms with Crippen molar-refractivity contribution in [1.82, 2.24) is 0 Å². The Bertz CT molecular complexity index is 156. The molecule has 0 saturated carbocycles. The van der Waals surface area contributed by atoms with E-state index in [2.05, 4.69) is 50.5 Å².